The smallest absolute Gasteiger partial charge is 0.249 e. The van der Waals surface area contributed by atoms with E-state index in [1.54, 1.807) is 0 Å². The van der Waals surface area contributed by atoms with Crippen molar-refractivity contribution in [3.05, 3.63) is 23.8 Å². The van der Waals surface area contributed by atoms with Gasteiger partial charge in [-0.25, -0.2) is 0 Å². The molecule has 1 aliphatic carbocycles. The Bertz CT molecular complexity index is 721. The fourth-order valence-corrected chi connectivity index (χ4v) is 4.17. The average Bonchev–Trinajstić information content (AvgIpc) is 2.62. The number of anilines is 1. The van der Waals surface area contributed by atoms with E-state index in [1.165, 1.54) is 0 Å². The van der Waals surface area contributed by atoms with Crippen molar-refractivity contribution in [2.45, 2.75) is 57.9 Å². The highest BCUT2D eigenvalue weighted by Crippen LogP contribution is 2.43. The zero-order chi connectivity index (χ0) is 17.4. The Kier molecular flexibility index (Phi) is 5.30. The molecule has 140 valence electrons. The van der Waals surface area contributed by atoms with Crippen LogP contribution in [0.5, 0.6) is 5.75 Å². The zero-order valence-corrected chi connectivity index (χ0v) is 14.1. The molecule has 6 nitrogen and oxygen atoms in total. The summed E-state index contributed by atoms with van der Waals surface area (Å²) in [6, 6.07) is 5.73. The first-order valence-electron chi connectivity index (χ1n) is 9.01. The summed E-state index contributed by atoms with van der Waals surface area (Å²) in [6.45, 7) is 1.15. The van der Waals surface area contributed by atoms with Gasteiger partial charge in [0.15, 0.2) is 0 Å². The number of hydrogen-bond acceptors (Lipinski definition) is 5. The first-order valence-corrected chi connectivity index (χ1v) is 9.01. The number of carbonyl (C=O) groups is 3. The number of carbonyl (C=O) groups excluding carboxylic acids is 3. The first kappa shape index (κ1) is 18.4. The zero-order valence-electron chi connectivity index (χ0n) is 14.1. The van der Waals surface area contributed by atoms with Gasteiger partial charge in [0.05, 0.1) is 12.2 Å². The lowest BCUT2D eigenvalue weighted by Gasteiger charge is -2.39. The second kappa shape index (κ2) is 7.48. The number of nitrogens with one attached hydrogen (secondary N) is 1. The Morgan fingerprint density at radius 1 is 1.04 bits per heavy atom. The van der Waals surface area contributed by atoms with E-state index in [9.17, 15) is 14.4 Å². The van der Waals surface area contributed by atoms with Crippen molar-refractivity contribution in [3.8, 4) is 5.75 Å². The number of ether oxygens (including phenoxy) is 1. The van der Waals surface area contributed by atoms with E-state index in [0.717, 1.165) is 29.8 Å². The number of benzene rings is 1. The largest absolute Gasteiger partial charge is 0.489 e. The van der Waals surface area contributed by atoms with Crippen LogP contribution in [0.1, 0.15) is 57.4 Å². The second-order valence-electron chi connectivity index (χ2n) is 7.02. The molecule has 0 spiro atoms. The van der Waals surface area contributed by atoms with Gasteiger partial charge >= 0.3 is 0 Å². The maximum absolute atomic E-state index is 12.3. The maximum Gasteiger partial charge on any atom is 0.249 e. The number of imide groups is 1. The fraction of sp³-hybridized carbons (Fsp3) is 0.550. The van der Waals surface area contributed by atoms with Crippen LogP contribution in [0.25, 0.3) is 0 Å². The third-order valence-electron chi connectivity index (χ3n) is 5.48. The van der Waals surface area contributed by atoms with Gasteiger partial charge < -0.3 is 9.64 Å². The molecule has 3 aliphatic rings. The van der Waals surface area contributed by atoms with Crippen molar-refractivity contribution in [3.63, 3.8) is 0 Å². The highest BCUT2D eigenvalue weighted by Gasteiger charge is 2.36. The summed E-state index contributed by atoms with van der Waals surface area (Å²) in [4.78, 5) is 37.3. The molecule has 1 aromatic carbocycles. The van der Waals surface area contributed by atoms with E-state index < -0.39 is 0 Å². The van der Waals surface area contributed by atoms with Gasteiger partial charge in [-0.1, -0.05) is 19.6 Å². The fourth-order valence-electron chi connectivity index (χ4n) is 4.17. The number of amides is 2. The second-order valence-corrected chi connectivity index (χ2v) is 7.02. The molecule has 1 atom stereocenters. The molecule has 2 heterocycles. The van der Waals surface area contributed by atoms with Crippen LogP contribution >= 0.6 is 0 Å². The van der Waals surface area contributed by atoms with Crippen molar-refractivity contribution in [1.29, 1.82) is 0 Å². The van der Waals surface area contributed by atoms with E-state index in [0.29, 0.717) is 50.5 Å². The van der Waals surface area contributed by atoms with Gasteiger partial charge in [0.25, 0.3) is 0 Å². The molecular weight excluding hydrogens is 332 g/mol. The highest BCUT2D eigenvalue weighted by atomic mass is 16.5. The number of rotatable bonds is 2. The van der Waals surface area contributed by atoms with Gasteiger partial charge in [0, 0.05) is 19.3 Å². The summed E-state index contributed by atoms with van der Waals surface area (Å²) in [5.74, 6) is 1.09. The van der Waals surface area contributed by atoms with Crippen LogP contribution in [-0.4, -0.2) is 36.8 Å². The standard InChI is InChI=1S/C19H22N2O4.CH4/c22-13-6-4-12(5-7-13)14-2-1-3-15-18(14)25-11-10-21(15)16-8-9-17(23)20-19(16)24;/h1-3,12,16H,4-11H2,(H,20,23,24);1H4. The molecule has 0 bridgehead atoms. The molecule has 2 fully saturated rings. The lowest BCUT2D eigenvalue weighted by atomic mass is 9.82. The number of para-hydroxylation sites is 1. The van der Waals surface area contributed by atoms with Crippen molar-refractivity contribution in [1.82, 2.24) is 5.32 Å². The van der Waals surface area contributed by atoms with Crippen molar-refractivity contribution in [2.24, 2.45) is 0 Å². The van der Waals surface area contributed by atoms with Crippen LogP contribution in [-0.2, 0) is 14.4 Å². The molecule has 0 radical (unpaired) electrons. The van der Waals surface area contributed by atoms with E-state index >= 15 is 0 Å². The van der Waals surface area contributed by atoms with Crippen molar-refractivity contribution >= 4 is 23.3 Å². The molecule has 1 aromatic rings. The van der Waals surface area contributed by atoms with Gasteiger partial charge in [0.1, 0.15) is 24.2 Å². The number of piperidine rings is 1. The average molecular weight is 358 g/mol. The third kappa shape index (κ3) is 3.32. The molecule has 1 saturated carbocycles. The van der Waals surface area contributed by atoms with Crippen molar-refractivity contribution < 1.29 is 19.1 Å². The Balaban J connectivity index is 0.00000196. The number of fused-ring (bicyclic) bond motifs is 1. The molecule has 1 saturated heterocycles. The van der Waals surface area contributed by atoms with E-state index in [1.807, 2.05) is 12.1 Å². The SMILES string of the molecule is C.O=C1CCC(c2cccc3c2OCCN3C2CCC(=O)NC2=O)CC1. The third-order valence-corrected chi connectivity index (χ3v) is 5.48. The summed E-state index contributed by atoms with van der Waals surface area (Å²) < 4.78 is 5.99. The van der Waals surface area contributed by atoms with Crippen molar-refractivity contribution in [2.75, 3.05) is 18.1 Å². The van der Waals surface area contributed by atoms with E-state index in [-0.39, 0.29) is 25.3 Å². The summed E-state index contributed by atoms with van der Waals surface area (Å²) in [5, 5.41) is 2.44. The topological polar surface area (TPSA) is 75.7 Å². The van der Waals surface area contributed by atoms with Crippen LogP contribution in [0, 0.1) is 0 Å². The lowest BCUT2D eigenvalue weighted by Crippen LogP contribution is -2.54. The number of nitrogens with zero attached hydrogens (tertiary/aromatic N) is 1. The van der Waals surface area contributed by atoms with Crippen LogP contribution < -0.4 is 15.0 Å². The molecule has 26 heavy (non-hydrogen) atoms. The maximum atomic E-state index is 12.3. The Labute approximate surface area is 153 Å². The first-order chi connectivity index (χ1) is 12.1. The van der Waals surface area contributed by atoms with Crippen LogP contribution in [0.2, 0.25) is 0 Å². The molecule has 1 N–H and O–H groups in total. The number of Topliss-reactive ketones (excluding diaryl/α,β-unsaturated/α-hetero) is 1. The molecule has 6 heteroatoms. The highest BCUT2D eigenvalue weighted by molar-refractivity contribution is 6.02. The molecule has 2 amide bonds. The summed E-state index contributed by atoms with van der Waals surface area (Å²) in [5.41, 5.74) is 2.07. The quantitative estimate of drug-likeness (QED) is 0.823. The lowest BCUT2D eigenvalue weighted by molar-refractivity contribution is -0.134. The minimum absolute atomic E-state index is 0. The predicted octanol–water partition coefficient (Wildman–Crippen LogP) is 2.55. The van der Waals surface area contributed by atoms with Gasteiger partial charge in [-0.2, -0.15) is 0 Å². The normalized spacial score (nSPS) is 23.6. The van der Waals surface area contributed by atoms with Crippen LogP contribution in [0.15, 0.2) is 18.2 Å². The predicted molar refractivity (Wildman–Crippen MR) is 98.4 cm³/mol. The van der Waals surface area contributed by atoms with Gasteiger partial charge in [-0.3, -0.25) is 19.7 Å². The van der Waals surface area contributed by atoms with Crippen LogP contribution in [0.4, 0.5) is 5.69 Å². The summed E-state index contributed by atoms with van der Waals surface area (Å²) in [6.07, 6.45) is 3.88. The summed E-state index contributed by atoms with van der Waals surface area (Å²) >= 11 is 0. The van der Waals surface area contributed by atoms with Gasteiger partial charge in [-0.05, 0) is 36.8 Å². The monoisotopic (exact) mass is 358 g/mol. The van der Waals surface area contributed by atoms with Crippen LogP contribution in [0.3, 0.4) is 0 Å². The molecule has 0 aromatic heterocycles. The molecular formula is C20H26N2O4. The number of ketones is 1. The van der Waals surface area contributed by atoms with Gasteiger partial charge in [0.2, 0.25) is 11.8 Å². The Morgan fingerprint density at radius 2 is 1.81 bits per heavy atom. The van der Waals surface area contributed by atoms with E-state index in [4.69, 9.17) is 4.74 Å². The minimum atomic E-state index is -0.330. The van der Waals surface area contributed by atoms with Gasteiger partial charge in [-0.15, -0.1) is 0 Å². The Hall–Kier alpha value is -2.37. The Morgan fingerprint density at radius 3 is 2.54 bits per heavy atom. The molecule has 4 rings (SSSR count). The molecule has 2 aliphatic heterocycles. The van der Waals surface area contributed by atoms with E-state index in [2.05, 4.69) is 16.3 Å². The summed E-state index contributed by atoms with van der Waals surface area (Å²) in [7, 11) is 0. The number of hydrogen-bond donors (Lipinski definition) is 1. The molecule has 1 unspecified atom stereocenters. The minimum Gasteiger partial charge on any atom is -0.489 e.